The smallest absolute Gasteiger partial charge is 0.319 e. The number of hydrogen-bond donors (Lipinski definition) is 2. The first kappa shape index (κ1) is 22.2. The van der Waals surface area contributed by atoms with Gasteiger partial charge in [-0.2, -0.15) is 0 Å². The van der Waals surface area contributed by atoms with Gasteiger partial charge in [0.1, 0.15) is 0 Å². The molecule has 1 aliphatic heterocycles. The van der Waals surface area contributed by atoms with Crippen LogP contribution in [-0.4, -0.2) is 36.1 Å². The van der Waals surface area contributed by atoms with Gasteiger partial charge in [0.2, 0.25) is 0 Å². The molecule has 5 heteroatoms. The van der Waals surface area contributed by atoms with Crippen LogP contribution in [0.25, 0.3) is 10.8 Å². The minimum Gasteiger partial charge on any atom is -0.334 e. The van der Waals surface area contributed by atoms with E-state index in [0.717, 1.165) is 53.3 Å². The van der Waals surface area contributed by atoms with Crippen molar-refractivity contribution in [3.63, 3.8) is 0 Å². The van der Waals surface area contributed by atoms with E-state index in [9.17, 15) is 4.79 Å². The number of fused-ring (bicyclic) bond motifs is 1. The summed E-state index contributed by atoms with van der Waals surface area (Å²) < 4.78 is 0. The number of piperidine rings is 1. The zero-order valence-electron chi connectivity index (χ0n) is 19.0. The Bertz CT molecular complexity index is 1090. The minimum atomic E-state index is -0.0964. The molecular weight excluding hydrogens is 430 g/mol. The highest BCUT2D eigenvalue weighted by Crippen LogP contribution is 2.30. The third-order valence-corrected chi connectivity index (χ3v) is 7.64. The topological polar surface area (TPSA) is 44.4 Å². The summed E-state index contributed by atoms with van der Waals surface area (Å²) >= 11 is 6.03. The highest BCUT2D eigenvalue weighted by atomic mass is 35.5. The van der Waals surface area contributed by atoms with Crippen molar-refractivity contribution in [2.75, 3.05) is 18.4 Å². The van der Waals surface area contributed by atoms with Crippen LogP contribution >= 0.6 is 11.6 Å². The van der Waals surface area contributed by atoms with Crippen LogP contribution in [0.15, 0.2) is 66.7 Å². The largest absolute Gasteiger partial charge is 0.334 e. The van der Waals surface area contributed by atoms with Gasteiger partial charge in [0.15, 0.2) is 0 Å². The summed E-state index contributed by atoms with van der Waals surface area (Å²) in [5.41, 5.74) is 2.24. The predicted octanol–water partition coefficient (Wildman–Crippen LogP) is 6.49. The van der Waals surface area contributed by atoms with Gasteiger partial charge >= 0.3 is 6.03 Å². The zero-order chi connectivity index (χ0) is 22.6. The molecule has 0 aromatic heterocycles. The van der Waals surface area contributed by atoms with E-state index in [1.54, 1.807) is 0 Å². The lowest BCUT2D eigenvalue weighted by atomic mass is 9.89. The molecule has 0 unspecified atom stereocenters. The molecule has 2 fully saturated rings. The Labute approximate surface area is 201 Å². The van der Waals surface area contributed by atoms with Crippen molar-refractivity contribution < 1.29 is 4.79 Å². The van der Waals surface area contributed by atoms with Crippen molar-refractivity contribution in [1.82, 2.24) is 10.2 Å². The monoisotopic (exact) mass is 461 g/mol. The molecule has 0 radical (unpaired) electrons. The molecule has 2 atom stereocenters. The average molecular weight is 462 g/mol. The zero-order valence-corrected chi connectivity index (χ0v) is 19.7. The van der Waals surface area contributed by atoms with E-state index in [4.69, 9.17) is 11.6 Å². The molecule has 5 rings (SSSR count). The van der Waals surface area contributed by atoms with E-state index in [2.05, 4.69) is 45.9 Å². The number of hydrogen-bond acceptors (Lipinski definition) is 2. The van der Waals surface area contributed by atoms with E-state index in [1.165, 1.54) is 31.2 Å². The molecule has 3 aromatic carbocycles. The molecule has 172 valence electrons. The lowest BCUT2D eigenvalue weighted by molar-refractivity contribution is 0.119. The van der Waals surface area contributed by atoms with Crippen LogP contribution in [0.4, 0.5) is 10.5 Å². The molecule has 1 saturated carbocycles. The Hall–Kier alpha value is -2.56. The van der Waals surface area contributed by atoms with E-state index in [1.807, 2.05) is 36.4 Å². The molecule has 2 amide bonds. The van der Waals surface area contributed by atoms with Gasteiger partial charge in [0.05, 0.1) is 5.69 Å². The molecule has 1 heterocycles. The van der Waals surface area contributed by atoms with Crippen molar-refractivity contribution in [1.29, 1.82) is 0 Å². The molecular formula is C28H32ClN3O. The fourth-order valence-corrected chi connectivity index (χ4v) is 5.78. The summed E-state index contributed by atoms with van der Waals surface area (Å²) in [6.45, 7) is 2.23. The Morgan fingerprint density at radius 2 is 1.67 bits per heavy atom. The summed E-state index contributed by atoms with van der Waals surface area (Å²) in [7, 11) is 0. The number of carbonyl (C=O) groups excluding carboxylic acids is 1. The molecule has 2 aliphatic rings. The number of likely N-dealkylation sites (tertiary alicyclic amines) is 1. The maximum Gasteiger partial charge on any atom is 0.319 e. The molecule has 0 spiro atoms. The predicted molar refractivity (Wildman–Crippen MR) is 137 cm³/mol. The molecule has 0 bridgehead atoms. The first-order valence-corrected chi connectivity index (χ1v) is 12.6. The number of amides is 2. The van der Waals surface area contributed by atoms with E-state index in [0.29, 0.717) is 6.04 Å². The highest BCUT2D eigenvalue weighted by Gasteiger charge is 2.35. The molecule has 3 aromatic rings. The van der Waals surface area contributed by atoms with Gasteiger partial charge in [-0.3, -0.25) is 4.90 Å². The van der Waals surface area contributed by atoms with Crippen LogP contribution in [0.1, 0.15) is 37.7 Å². The summed E-state index contributed by atoms with van der Waals surface area (Å²) in [6, 6.07) is 23.0. The summed E-state index contributed by atoms with van der Waals surface area (Å²) in [4.78, 5) is 15.5. The van der Waals surface area contributed by atoms with E-state index in [-0.39, 0.29) is 12.1 Å². The van der Waals surface area contributed by atoms with Crippen molar-refractivity contribution in [3.8, 4) is 0 Å². The fraction of sp³-hybridized carbons (Fsp3) is 0.393. The standard InChI is InChI=1S/C28H32ClN3O/c29-23-13-11-20(12-14-23)19-21-15-17-32(18-16-21)27-10-4-9-26(27)31-28(33)30-25-8-3-6-22-5-1-2-7-24(22)25/h1-3,5-8,11-14,21,26-27H,4,9-10,15-19H2,(H2,30,31,33)/t26-,27-/m1/s1. The number of benzene rings is 3. The number of nitrogens with one attached hydrogen (secondary N) is 2. The maximum absolute atomic E-state index is 12.9. The molecule has 1 saturated heterocycles. The second kappa shape index (κ2) is 10.1. The quantitative estimate of drug-likeness (QED) is 0.456. The third kappa shape index (κ3) is 5.34. The van der Waals surface area contributed by atoms with Crippen molar-refractivity contribution in [2.24, 2.45) is 5.92 Å². The Balaban J connectivity index is 1.15. The van der Waals surface area contributed by atoms with Crippen LogP contribution in [-0.2, 0) is 6.42 Å². The first-order chi connectivity index (χ1) is 16.2. The number of urea groups is 1. The van der Waals surface area contributed by atoms with Crippen LogP contribution in [0.3, 0.4) is 0 Å². The number of halogens is 1. The van der Waals surface area contributed by atoms with Gasteiger partial charge in [-0.25, -0.2) is 4.79 Å². The summed E-state index contributed by atoms with van der Waals surface area (Å²) in [5, 5.41) is 9.40. The lowest BCUT2D eigenvalue weighted by Crippen LogP contribution is -2.52. The molecule has 1 aliphatic carbocycles. The van der Waals surface area contributed by atoms with Gasteiger partial charge in [-0.1, -0.05) is 60.1 Å². The maximum atomic E-state index is 12.9. The second-order valence-electron chi connectivity index (χ2n) is 9.54. The van der Waals surface area contributed by atoms with Gasteiger partial charge in [-0.05, 0) is 86.7 Å². The normalized spacial score (nSPS) is 21.8. The minimum absolute atomic E-state index is 0.0964. The van der Waals surface area contributed by atoms with Crippen molar-refractivity contribution >= 4 is 34.1 Å². The molecule has 4 nitrogen and oxygen atoms in total. The summed E-state index contributed by atoms with van der Waals surface area (Å²) in [6.07, 6.45) is 6.96. The van der Waals surface area contributed by atoms with Gasteiger partial charge < -0.3 is 10.6 Å². The average Bonchev–Trinajstić information content (AvgIpc) is 3.29. The first-order valence-electron chi connectivity index (χ1n) is 12.2. The van der Waals surface area contributed by atoms with E-state index >= 15 is 0 Å². The SMILES string of the molecule is O=C(Nc1cccc2ccccc12)N[C@@H]1CCC[C@H]1N1CCC(Cc2ccc(Cl)cc2)CC1. The van der Waals surface area contributed by atoms with Crippen LogP contribution in [0.2, 0.25) is 5.02 Å². The molecule has 33 heavy (non-hydrogen) atoms. The Morgan fingerprint density at radius 1 is 0.909 bits per heavy atom. The van der Waals surface area contributed by atoms with Crippen molar-refractivity contribution in [2.45, 2.75) is 50.6 Å². The highest BCUT2D eigenvalue weighted by molar-refractivity contribution is 6.30. The van der Waals surface area contributed by atoms with Crippen LogP contribution < -0.4 is 10.6 Å². The summed E-state index contributed by atoms with van der Waals surface area (Å²) in [5.74, 6) is 0.727. The van der Waals surface area contributed by atoms with E-state index < -0.39 is 0 Å². The fourth-order valence-electron chi connectivity index (χ4n) is 5.65. The second-order valence-corrected chi connectivity index (χ2v) is 9.98. The van der Waals surface area contributed by atoms with Crippen LogP contribution in [0.5, 0.6) is 0 Å². The lowest BCUT2D eigenvalue weighted by Gasteiger charge is -2.38. The Kier molecular flexibility index (Phi) is 6.84. The van der Waals surface area contributed by atoms with Gasteiger partial charge in [-0.15, -0.1) is 0 Å². The number of rotatable bonds is 5. The number of anilines is 1. The third-order valence-electron chi connectivity index (χ3n) is 7.39. The van der Waals surface area contributed by atoms with Gasteiger partial charge in [0.25, 0.3) is 0 Å². The van der Waals surface area contributed by atoms with Crippen LogP contribution in [0, 0.1) is 5.92 Å². The van der Waals surface area contributed by atoms with Gasteiger partial charge in [0, 0.05) is 22.5 Å². The Morgan fingerprint density at radius 3 is 2.48 bits per heavy atom. The number of carbonyl (C=O) groups is 1. The van der Waals surface area contributed by atoms with Crippen molar-refractivity contribution in [3.05, 3.63) is 77.3 Å². The number of nitrogens with zero attached hydrogens (tertiary/aromatic N) is 1. The molecule has 2 N–H and O–H groups in total.